The second-order valence-corrected chi connectivity index (χ2v) is 16.9. The lowest BCUT2D eigenvalue weighted by atomic mass is 9.95. The van der Waals surface area contributed by atoms with Gasteiger partial charge in [-0.05, 0) is 86.6 Å². The zero-order valence-corrected chi connectivity index (χ0v) is 33.4. The number of hydrogen-bond donors (Lipinski definition) is 1. The van der Waals surface area contributed by atoms with Gasteiger partial charge in [0, 0.05) is 94.1 Å². The molecule has 2 aromatic carbocycles. The maximum atomic E-state index is 13.8. The van der Waals surface area contributed by atoms with Crippen molar-refractivity contribution in [3.63, 3.8) is 0 Å². The van der Waals surface area contributed by atoms with Crippen LogP contribution in [0.1, 0.15) is 88.0 Å². The Morgan fingerprint density at radius 1 is 0.820 bits per heavy atom. The lowest BCUT2D eigenvalue weighted by Gasteiger charge is -2.40. The number of nitrogens with one attached hydrogen (secondary N) is 1. The quantitative estimate of drug-likeness (QED) is 0.235. The average molecular weight is 839 g/mol. The Kier molecular flexibility index (Phi) is 10.7. The first-order valence-electron chi connectivity index (χ1n) is 21.0. The first-order chi connectivity index (χ1) is 29.3. The fraction of sp³-hybridized carbons (Fsp3) is 0.477. The van der Waals surface area contributed by atoms with Gasteiger partial charge in [-0.3, -0.25) is 39.1 Å². The lowest BCUT2D eigenvalue weighted by Crippen LogP contribution is -2.54. The molecule has 9 rings (SSSR count). The van der Waals surface area contributed by atoms with Gasteiger partial charge in [-0.15, -0.1) is 4.98 Å². The van der Waals surface area contributed by atoms with Crippen LogP contribution in [-0.4, -0.2) is 119 Å². The number of alkyl halides is 3. The van der Waals surface area contributed by atoms with Crippen LogP contribution in [0, 0.1) is 12.5 Å². The third kappa shape index (κ3) is 7.89. The first-order valence-corrected chi connectivity index (χ1v) is 21.0. The van der Waals surface area contributed by atoms with E-state index in [0.717, 1.165) is 100 Å². The van der Waals surface area contributed by atoms with Gasteiger partial charge in [-0.25, -0.2) is 0 Å². The molecule has 6 aliphatic rings. The van der Waals surface area contributed by atoms with Crippen molar-refractivity contribution in [1.29, 1.82) is 0 Å². The highest BCUT2D eigenvalue weighted by Crippen LogP contribution is 2.41. The number of fused-ring (bicyclic) bond motifs is 3. The highest BCUT2D eigenvalue weighted by atomic mass is 19.4. The molecule has 3 unspecified atom stereocenters. The second kappa shape index (κ2) is 16.1. The molecule has 0 aliphatic carbocycles. The molecule has 3 atom stereocenters. The van der Waals surface area contributed by atoms with E-state index in [4.69, 9.17) is 11.3 Å². The minimum absolute atomic E-state index is 0.0291. The number of piperidine rings is 3. The molecule has 0 saturated carbocycles. The van der Waals surface area contributed by atoms with Crippen molar-refractivity contribution in [2.24, 2.45) is 5.92 Å². The van der Waals surface area contributed by atoms with Crippen LogP contribution in [0.4, 0.5) is 30.4 Å². The summed E-state index contributed by atoms with van der Waals surface area (Å²) in [5.74, 6) is -2.29. The highest BCUT2D eigenvalue weighted by molar-refractivity contribution is 6.23. The Balaban J connectivity index is 0.731. The number of ether oxygens (including phenoxy) is 1. The van der Waals surface area contributed by atoms with E-state index in [0.29, 0.717) is 29.9 Å². The second-order valence-electron chi connectivity index (χ2n) is 16.9. The largest absolute Gasteiger partial charge is 0.486 e. The molecule has 0 radical (unpaired) electrons. The van der Waals surface area contributed by atoms with Crippen molar-refractivity contribution in [3.05, 3.63) is 88.4 Å². The molecule has 6 aliphatic heterocycles. The zero-order valence-electron chi connectivity index (χ0n) is 33.4. The van der Waals surface area contributed by atoms with Crippen LogP contribution in [0.15, 0.2) is 54.7 Å². The van der Waals surface area contributed by atoms with E-state index in [1.54, 1.807) is 12.1 Å². The number of benzene rings is 2. The zero-order chi connectivity index (χ0) is 42.6. The predicted octanol–water partition coefficient (Wildman–Crippen LogP) is 5.31. The van der Waals surface area contributed by atoms with Crippen LogP contribution in [0.25, 0.3) is 4.85 Å². The number of halogens is 3. The molecular weight excluding hydrogens is 794 g/mol. The van der Waals surface area contributed by atoms with Crippen LogP contribution in [0.5, 0.6) is 5.75 Å². The number of pyridine rings is 1. The SMILES string of the molecule is [C-]#[N+]c1ncc(OC2CC3CCC(C2)N3C(=O)c2ccc(N3CCN(CC4CCN(c5ccc6c(c5)C(=O)N(C5CCC(=O)NC5=O)C6=O)CC4)CC3)cc2)cc1C(F)(F)F. The van der Waals surface area contributed by atoms with Crippen molar-refractivity contribution in [2.45, 2.75) is 81.8 Å². The molecule has 5 amide bonds. The van der Waals surface area contributed by atoms with E-state index in [9.17, 15) is 37.1 Å². The molecule has 1 aromatic heterocycles. The number of carbonyl (C=O) groups is 5. The summed E-state index contributed by atoms with van der Waals surface area (Å²) in [5.41, 5.74) is 2.00. The summed E-state index contributed by atoms with van der Waals surface area (Å²) in [6.07, 6.45) is 0.874. The van der Waals surface area contributed by atoms with Gasteiger partial charge >= 0.3 is 6.18 Å². The number of aromatic nitrogens is 1. The van der Waals surface area contributed by atoms with E-state index in [1.165, 1.54) is 0 Å². The third-order valence-corrected chi connectivity index (χ3v) is 13.3. The Hall–Kier alpha value is -6.02. The molecule has 2 bridgehead atoms. The van der Waals surface area contributed by atoms with Crippen molar-refractivity contribution < 1.29 is 41.9 Å². The van der Waals surface area contributed by atoms with Crippen LogP contribution in [0.3, 0.4) is 0 Å². The van der Waals surface area contributed by atoms with Gasteiger partial charge < -0.3 is 24.3 Å². The molecule has 7 heterocycles. The summed E-state index contributed by atoms with van der Waals surface area (Å²) in [4.78, 5) is 80.9. The van der Waals surface area contributed by atoms with Gasteiger partial charge in [0.15, 0.2) is 11.9 Å². The summed E-state index contributed by atoms with van der Waals surface area (Å²) >= 11 is 0. The highest BCUT2D eigenvalue weighted by Gasteiger charge is 2.46. The molecule has 5 saturated heterocycles. The molecule has 14 nitrogen and oxygen atoms in total. The standard InChI is InChI=1S/C44H45F3N8O6/c1-48-39-36(44(45,46)47)23-33(24-49-39)61-32-20-30-6-7-31(21-32)54(30)41(58)27-2-4-28(5-3-27)53-18-16-51(17-19-53)25-26-12-14-52(15-13-26)29-8-9-34-35(22-29)43(60)55(42(34)59)37-10-11-38(56)50-40(37)57/h2-5,8-9,22-24,26,30-32,37H,6-7,10-21,25H2,(H,50,56,57). The maximum absolute atomic E-state index is 13.8. The van der Waals surface area contributed by atoms with Crippen molar-refractivity contribution >= 4 is 46.7 Å². The normalized spacial score (nSPS) is 24.8. The fourth-order valence-corrected chi connectivity index (χ4v) is 10.1. The topological polar surface area (TPSA) is 140 Å². The summed E-state index contributed by atoms with van der Waals surface area (Å²) in [7, 11) is 0. The number of piperazine rings is 1. The Morgan fingerprint density at radius 3 is 2.13 bits per heavy atom. The molecular formula is C44H45F3N8O6. The number of imide groups is 2. The number of hydrogen-bond acceptors (Lipinski definition) is 10. The van der Waals surface area contributed by atoms with E-state index in [1.807, 2.05) is 35.2 Å². The number of rotatable bonds is 8. The molecule has 3 aromatic rings. The fourth-order valence-electron chi connectivity index (χ4n) is 10.1. The Morgan fingerprint density at radius 2 is 1.48 bits per heavy atom. The Bertz CT molecular complexity index is 2290. The van der Waals surface area contributed by atoms with Crippen LogP contribution in [-0.2, 0) is 15.8 Å². The number of anilines is 2. The van der Waals surface area contributed by atoms with Crippen LogP contribution >= 0.6 is 0 Å². The number of carbonyl (C=O) groups excluding carboxylic acids is 5. The molecule has 17 heteroatoms. The third-order valence-electron chi connectivity index (χ3n) is 13.3. The van der Waals surface area contributed by atoms with Crippen molar-refractivity contribution in [3.8, 4) is 5.75 Å². The van der Waals surface area contributed by atoms with Gasteiger partial charge in [0.05, 0.1) is 16.7 Å². The van der Waals surface area contributed by atoms with Gasteiger partial charge in [0.1, 0.15) is 12.1 Å². The summed E-state index contributed by atoms with van der Waals surface area (Å²) in [5, 5.41) is 2.23. The summed E-state index contributed by atoms with van der Waals surface area (Å²) in [6, 6.07) is 12.8. The van der Waals surface area contributed by atoms with Crippen LogP contribution in [0.2, 0.25) is 0 Å². The smallest absolute Gasteiger partial charge is 0.409 e. The molecule has 318 valence electrons. The minimum atomic E-state index is -4.72. The van der Waals surface area contributed by atoms with Gasteiger partial charge in [-0.2, -0.15) is 13.2 Å². The van der Waals surface area contributed by atoms with E-state index in [2.05, 4.69) is 29.8 Å². The van der Waals surface area contributed by atoms with E-state index in [-0.39, 0.29) is 48.2 Å². The number of nitrogens with zero attached hydrogens (tertiary/aromatic N) is 7. The van der Waals surface area contributed by atoms with Gasteiger partial charge in [0.25, 0.3) is 23.5 Å². The number of amides is 5. The van der Waals surface area contributed by atoms with Crippen molar-refractivity contribution in [1.82, 2.24) is 25.0 Å². The molecule has 0 spiro atoms. The van der Waals surface area contributed by atoms with Gasteiger partial charge in [-0.1, -0.05) is 6.57 Å². The monoisotopic (exact) mass is 838 g/mol. The summed E-state index contributed by atoms with van der Waals surface area (Å²) < 4.78 is 46.4. The minimum Gasteiger partial charge on any atom is -0.486 e. The Labute approximate surface area is 350 Å². The van der Waals surface area contributed by atoms with Crippen molar-refractivity contribution in [2.75, 3.05) is 55.6 Å². The summed E-state index contributed by atoms with van der Waals surface area (Å²) in [6.45, 7) is 13.2. The maximum Gasteiger partial charge on any atom is 0.409 e. The predicted molar refractivity (Wildman–Crippen MR) is 215 cm³/mol. The van der Waals surface area contributed by atoms with E-state index < -0.39 is 47.2 Å². The van der Waals surface area contributed by atoms with Gasteiger partial charge in [0.2, 0.25) is 11.8 Å². The lowest BCUT2D eigenvalue weighted by molar-refractivity contribution is -0.137. The average Bonchev–Trinajstić information content (AvgIpc) is 3.67. The van der Waals surface area contributed by atoms with E-state index >= 15 is 0 Å². The molecule has 5 fully saturated rings. The first kappa shape index (κ1) is 40.4. The molecule has 61 heavy (non-hydrogen) atoms. The molecule has 1 N–H and O–H groups in total. The van der Waals surface area contributed by atoms with Crippen LogP contribution < -0.4 is 19.9 Å².